The Labute approximate surface area is 106 Å². The lowest BCUT2D eigenvalue weighted by Gasteiger charge is -2.41. The Kier molecular flexibility index (Phi) is 4.63. The fraction of sp³-hybridized carbons (Fsp3) is 0.867. The molecule has 2 fully saturated rings. The third kappa shape index (κ3) is 3.32. The fourth-order valence-electron chi connectivity index (χ4n) is 3.92. The molecule has 0 amide bonds. The SMILES string of the molecule is CC(C)=CC(NN)C1CCC2CCCCC2C1. The van der Waals surface area contributed by atoms with Gasteiger partial charge in [0.2, 0.25) is 0 Å². The Hall–Kier alpha value is -0.340. The van der Waals surface area contributed by atoms with E-state index < -0.39 is 0 Å². The molecule has 2 heteroatoms. The highest BCUT2D eigenvalue weighted by molar-refractivity contribution is 5.04. The number of nitrogens with two attached hydrogens (primary N) is 1. The first-order chi connectivity index (χ1) is 8.20. The Bertz CT molecular complexity index is 268. The van der Waals surface area contributed by atoms with Gasteiger partial charge in [-0.05, 0) is 50.9 Å². The van der Waals surface area contributed by atoms with Gasteiger partial charge in [0.15, 0.2) is 0 Å². The van der Waals surface area contributed by atoms with Gasteiger partial charge in [-0.3, -0.25) is 11.3 Å². The highest BCUT2D eigenvalue weighted by Crippen LogP contribution is 2.43. The predicted octanol–water partition coefficient (Wildman–Crippen LogP) is 3.39. The lowest BCUT2D eigenvalue weighted by molar-refractivity contribution is 0.118. The summed E-state index contributed by atoms with van der Waals surface area (Å²) < 4.78 is 0. The lowest BCUT2D eigenvalue weighted by Crippen LogP contribution is -2.43. The first-order valence-electron chi connectivity index (χ1n) is 7.32. The number of rotatable bonds is 3. The molecule has 2 aliphatic rings. The summed E-state index contributed by atoms with van der Waals surface area (Å²) in [6.45, 7) is 4.33. The van der Waals surface area contributed by atoms with E-state index in [9.17, 15) is 0 Å². The van der Waals surface area contributed by atoms with Gasteiger partial charge in [0.05, 0.1) is 0 Å². The van der Waals surface area contributed by atoms with Crippen molar-refractivity contribution in [1.29, 1.82) is 0 Å². The van der Waals surface area contributed by atoms with Gasteiger partial charge >= 0.3 is 0 Å². The molecule has 2 rings (SSSR count). The molecule has 2 saturated carbocycles. The zero-order valence-corrected chi connectivity index (χ0v) is 11.4. The molecule has 0 aromatic rings. The minimum Gasteiger partial charge on any atom is -0.271 e. The van der Waals surface area contributed by atoms with Gasteiger partial charge in [-0.2, -0.15) is 0 Å². The summed E-state index contributed by atoms with van der Waals surface area (Å²) >= 11 is 0. The predicted molar refractivity (Wildman–Crippen MR) is 73.3 cm³/mol. The van der Waals surface area contributed by atoms with Gasteiger partial charge in [0.25, 0.3) is 0 Å². The Morgan fingerprint density at radius 1 is 1.12 bits per heavy atom. The summed E-state index contributed by atoms with van der Waals surface area (Å²) in [5.74, 6) is 8.51. The monoisotopic (exact) mass is 236 g/mol. The molecule has 98 valence electrons. The second-order valence-electron chi connectivity index (χ2n) is 6.31. The molecule has 17 heavy (non-hydrogen) atoms. The van der Waals surface area contributed by atoms with Gasteiger partial charge < -0.3 is 0 Å². The van der Waals surface area contributed by atoms with Crippen molar-refractivity contribution < 1.29 is 0 Å². The number of hydrazine groups is 1. The Morgan fingerprint density at radius 2 is 1.82 bits per heavy atom. The zero-order valence-electron chi connectivity index (χ0n) is 11.4. The number of hydrogen-bond donors (Lipinski definition) is 2. The van der Waals surface area contributed by atoms with Crippen LogP contribution in [0.2, 0.25) is 0 Å². The molecule has 0 heterocycles. The fourth-order valence-corrected chi connectivity index (χ4v) is 3.92. The second-order valence-corrected chi connectivity index (χ2v) is 6.31. The molecule has 0 aliphatic heterocycles. The van der Waals surface area contributed by atoms with Crippen LogP contribution in [-0.4, -0.2) is 6.04 Å². The highest BCUT2D eigenvalue weighted by Gasteiger charge is 2.34. The van der Waals surface area contributed by atoms with Crippen LogP contribution in [0, 0.1) is 17.8 Å². The molecule has 2 nitrogen and oxygen atoms in total. The normalized spacial score (nSPS) is 34.9. The first kappa shape index (κ1) is 13.1. The smallest absolute Gasteiger partial charge is 0.0421 e. The van der Waals surface area contributed by atoms with Crippen LogP contribution in [0.15, 0.2) is 11.6 Å². The summed E-state index contributed by atoms with van der Waals surface area (Å²) in [4.78, 5) is 0. The topological polar surface area (TPSA) is 38.0 Å². The summed E-state index contributed by atoms with van der Waals surface area (Å²) in [5.41, 5.74) is 4.40. The van der Waals surface area contributed by atoms with Crippen LogP contribution in [0.4, 0.5) is 0 Å². The lowest BCUT2D eigenvalue weighted by atomic mass is 9.66. The van der Waals surface area contributed by atoms with E-state index in [0.29, 0.717) is 6.04 Å². The molecular weight excluding hydrogens is 208 g/mol. The summed E-state index contributed by atoms with van der Waals surface area (Å²) in [6.07, 6.45) is 12.4. The molecule has 4 unspecified atom stereocenters. The van der Waals surface area contributed by atoms with E-state index in [2.05, 4.69) is 25.3 Å². The summed E-state index contributed by atoms with van der Waals surface area (Å²) in [6, 6.07) is 0.392. The van der Waals surface area contributed by atoms with E-state index in [1.54, 1.807) is 0 Å². The van der Waals surface area contributed by atoms with E-state index >= 15 is 0 Å². The average Bonchev–Trinajstić information content (AvgIpc) is 2.35. The van der Waals surface area contributed by atoms with E-state index in [1.165, 1.54) is 50.5 Å². The molecule has 0 bridgehead atoms. The third-order valence-electron chi connectivity index (χ3n) is 4.79. The van der Waals surface area contributed by atoms with Crippen LogP contribution >= 0.6 is 0 Å². The van der Waals surface area contributed by atoms with Crippen LogP contribution in [0.3, 0.4) is 0 Å². The Balaban J connectivity index is 1.96. The summed E-state index contributed by atoms with van der Waals surface area (Å²) in [7, 11) is 0. The van der Waals surface area contributed by atoms with Gasteiger partial charge in [0, 0.05) is 6.04 Å². The van der Waals surface area contributed by atoms with Crippen molar-refractivity contribution in [1.82, 2.24) is 5.43 Å². The minimum absolute atomic E-state index is 0.392. The van der Waals surface area contributed by atoms with Gasteiger partial charge in [-0.1, -0.05) is 37.3 Å². The maximum atomic E-state index is 5.73. The zero-order chi connectivity index (χ0) is 12.3. The third-order valence-corrected chi connectivity index (χ3v) is 4.79. The van der Waals surface area contributed by atoms with Crippen LogP contribution in [0.1, 0.15) is 58.8 Å². The molecule has 0 aromatic carbocycles. The number of hydrogen-bond acceptors (Lipinski definition) is 2. The number of nitrogens with one attached hydrogen (secondary N) is 1. The Morgan fingerprint density at radius 3 is 2.47 bits per heavy atom. The molecule has 4 atom stereocenters. The minimum atomic E-state index is 0.392. The molecule has 2 aliphatic carbocycles. The van der Waals surface area contributed by atoms with Crippen LogP contribution in [-0.2, 0) is 0 Å². The first-order valence-corrected chi connectivity index (χ1v) is 7.32. The van der Waals surface area contributed by atoms with Crippen molar-refractivity contribution in [3.05, 3.63) is 11.6 Å². The van der Waals surface area contributed by atoms with E-state index in [1.807, 2.05) is 0 Å². The molecular formula is C15H28N2. The average molecular weight is 236 g/mol. The van der Waals surface area contributed by atoms with Crippen LogP contribution in [0.25, 0.3) is 0 Å². The molecule has 3 N–H and O–H groups in total. The van der Waals surface area contributed by atoms with Crippen molar-refractivity contribution in [2.75, 3.05) is 0 Å². The molecule has 0 saturated heterocycles. The second kappa shape index (κ2) is 6.01. The van der Waals surface area contributed by atoms with Crippen molar-refractivity contribution in [3.8, 4) is 0 Å². The van der Waals surface area contributed by atoms with Crippen LogP contribution in [0.5, 0.6) is 0 Å². The molecule has 0 spiro atoms. The maximum absolute atomic E-state index is 5.73. The van der Waals surface area contributed by atoms with E-state index in [-0.39, 0.29) is 0 Å². The maximum Gasteiger partial charge on any atom is 0.0421 e. The highest BCUT2D eigenvalue weighted by atomic mass is 15.2. The number of fused-ring (bicyclic) bond motifs is 1. The van der Waals surface area contributed by atoms with E-state index in [4.69, 9.17) is 5.84 Å². The van der Waals surface area contributed by atoms with Gasteiger partial charge in [0.1, 0.15) is 0 Å². The van der Waals surface area contributed by atoms with Crippen molar-refractivity contribution in [2.24, 2.45) is 23.6 Å². The number of allylic oxidation sites excluding steroid dienone is 1. The molecule has 0 radical (unpaired) electrons. The van der Waals surface area contributed by atoms with Crippen LogP contribution < -0.4 is 11.3 Å². The molecule has 0 aromatic heterocycles. The largest absolute Gasteiger partial charge is 0.271 e. The van der Waals surface area contributed by atoms with Crippen molar-refractivity contribution >= 4 is 0 Å². The van der Waals surface area contributed by atoms with Crippen molar-refractivity contribution in [2.45, 2.75) is 64.8 Å². The quantitative estimate of drug-likeness (QED) is 0.448. The summed E-state index contributed by atoms with van der Waals surface area (Å²) in [5, 5.41) is 0. The van der Waals surface area contributed by atoms with Crippen molar-refractivity contribution in [3.63, 3.8) is 0 Å². The van der Waals surface area contributed by atoms with Gasteiger partial charge in [-0.15, -0.1) is 0 Å². The van der Waals surface area contributed by atoms with E-state index in [0.717, 1.165) is 17.8 Å². The van der Waals surface area contributed by atoms with Gasteiger partial charge in [-0.25, -0.2) is 0 Å². The standard InChI is InChI=1S/C15H28N2/c1-11(2)9-15(17-16)14-8-7-12-5-3-4-6-13(12)10-14/h9,12-15,17H,3-8,10,16H2,1-2H3.